The van der Waals surface area contributed by atoms with E-state index in [1.54, 1.807) is 43.3 Å². The van der Waals surface area contributed by atoms with E-state index in [9.17, 15) is 14.4 Å². The van der Waals surface area contributed by atoms with E-state index < -0.39 is 24.1 Å². The molecule has 2 N–H and O–H groups in total. The van der Waals surface area contributed by atoms with E-state index in [0.29, 0.717) is 30.4 Å². The lowest BCUT2D eigenvalue weighted by Crippen LogP contribution is -2.65. The Morgan fingerprint density at radius 3 is 2.55 bits per heavy atom. The zero-order chi connectivity index (χ0) is 21.1. The first-order chi connectivity index (χ1) is 13.8. The molecule has 10 nitrogen and oxygen atoms in total. The van der Waals surface area contributed by atoms with Gasteiger partial charge in [0.1, 0.15) is 11.9 Å². The number of urea groups is 1. The van der Waals surface area contributed by atoms with E-state index in [1.807, 2.05) is 19.0 Å². The van der Waals surface area contributed by atoms with Crippen LogP contribution < -0.4 is 15.4 Å². The van der Waals surface area contributed by atoms with Gasteiger partial charge in [-0.2, -0.15) is 0 Å². The number of carbonyl (C=O) groups excluding carboxylic acids is 3. The third-order valence-electron chi connectivity index (χ3n) is 4.95. The monoisotopic (exact) mass is 402 g/mol. The molecule has 0 aromatic heterocycles. The maximum atomic E-state index is 12.9. The van der Waals surface area contributed by atoms with E-state index in [1.165, 1.54) is 4.90 Å². The maximum absolute atomic E-state index is 12.9. The summed E-state index contributed by atoms with van der Waals surface area (Å²) in [4.78, 5) is 46.9. The highest BCUT2D eigenvalue weighted by molar-refractivity contribution is 6.06. The normalized spacial score (nSPS) is 22.6. The lowest BCUT2D eigenvalue weighted by Gasteiger charge is -2.35. The van der Waals surface area contributed by atoms with Crippen LogP contribution >= 0.6 is 0 Å². The minimum Gasteiger partial charge on any atom is -0.497 e. The molecule has 2 saturated heterocycles. The molecule has 156 valence electrons. The maximum Gasteiger partial charge on any atom is 0.325 e. The van der Waals surface area contributed by atoms with Crippen molar-refractivity contribution in [3.05, 3.63) is 29.8 Å². The Bertz CT molecular complexity index is 822. The minimum absolute atomic E-state index is 0.0449. The van der Waals surface area contributed by atoms with Crippen molar-refractivity contribution in [1.82, 2.24) is 25.3 Å². The number of methoxy groups -OCH3 is 1. The molecule has 0 saturated carbocycles. The van der Waals surface area contributed by atoms with Crippen molar-refractivity contribution in [3.63, 3.8) is 0 Å². The van der Waals surface area contributed by atoms with E-state index in [4.69, 9.17) is 4.74 Å². The number of fused-ring (bicyclic) bond motifs is 1. The van der Waals surface area contributed by atoms with Crippen LogP contribution in [0.25, 0.3) is 0 Å². The summed E-state index contributed by atoms with van der Waals surface area (Å²) in [5.41, 5.74) is 0.502. The third-order valence-corrected chi connectivity index (χ3v) is 4.95. The fraction of sp³-hybridized carbons (Fsp3) is 0.474. The smallest absolute Gasteiger partial charge is 0.325 e. The molecule has 2 heterocycles. The molecule has 0 radical (unpaired) electrons. The fourth-order valence-corrected chi connectivity index (χ4v) is 3.27. The largest absolute Gasteiger partial charge is 0.497 e. The van der Waals surface area contributed by atoms with Crippen LogP contribution in [0, 0.1) is 0 Å². The third kappa shape index (κ3) is 4.32. The van der Waals surface area contributed by atoms with Gasteiger partial charge in [-0.25, -0.2) is 4.79 Å². The predicted octanol–water partition coefficient (Wildman–Crippen LogP) is -0.423. The zero-order valence-electron chi connectivity index (χ0n) is 17.0. The van der Waals surface area contributed by atoms with Crippen LogP contribution in [0.1, 0.15) is 10.4 Å². The van der Waals surface area contributed by atoms with Crippen molar-refractivity contribution in [3.8, 4) is 5.75 Å². The van der Waals surface area contributed by atoms with Crippen LogP contribution in [0.4, 0.5) is 4.79 Å². The minimum atomic E-state index is -0.738. The summed E-state index contributed by atoms with van der Waals surface area (Å²) >= 11 is 0. The number of amides is 3. The molecular weight excluding hydrogens is 376 g/mol. The quantitative estimate of drug-likeness (QED) is 0.597. The number of ketones is 1. The van der Waals surface area contributed by atoms with Gasteiger partial charge in [-0.05, 0) is 38.4 Å². The van der Waals surface area contributed by atoms with Crippen molar-refractivity contribution in [2.75, 3.05) is 47.9 Å². The number of likely N-dealkylation sites (N-methyl/N-ethyl adjacent to an activating group) is 2. The predicted molar refractivity (Wildman–Crippen MR) is 107 cm³/mol. The molecule has 0 bridgehead atoms. The number of nitrogens with zero attached hydrogens (tertiary/aromatic N) is 4. The Balaban J connectivity index is 1.84. The van der Waals surface area contributed by atoms with Gasteiger partial charge in [0, 0.05) is 19.2 Å². The first-order valence-electron chi connectivity index (χ1n) is 9.29. The highest BCUT2D eigenvalue weighted by Gasteiger charge is 2.50. The molecule has 0 aliphatic carbocycles. The number of guanidine groups is 1. The van der Waals surface area contributed by atoms with Gasteiger partial charge in [0.2, 0.25) is 0 Å². The van der Waals surface area contributed by atoms with Crippen LogP contribution in [0.3, 0.4) is 0 Å². The molecule has 29 heavy (non-hydrogen) atoms. The lowest BCUT2D eigenvalue weighted by atomic mass is 10.1. The van der Waals surface area contributed by atoms with Crippen molar-refractivity contribution in [2.45, 2.75) is 12.2 Å². The number of rotatable bonds is 7. The topological polar surface area (TPSA) is 107 Å². The number of hydrogen-bond donors (Lipinski definition) is 2. The molecule has 2 aliphatic heterocycles. The molecule has 1 aromatic carbocycles. The van der Waals surface area contributed by atoms with Gasteiger partial charge in [0.25, 0.3) is 5.91 Å². The van der Waals surface area contributed by atoms with E-state index in [2.05, 4.69) is 15.6 Å². The second-order valence-corrected chi connectivity index (χ2v) is 7.23. The summed E-state index contributed by atoms with van der Waals surface area (Å²) in [7, 11) is 7.03. The first-order valence-corrected chi connectivity index (χ1v) is 9.29. The molecule has 2 atom stereocenters. The summed E-state index contributed by atoms with van der Waals surface area (Å²) in [6.07, 6.45) is -0.585. The zero-order valence-corrected chi connectivity index (χ0v) is 17.0. The average Bonchev–Trinajstić information content (AvgIpc) is 3.05. The van der Waals surface area contributed by atoms with Gasteiger partial charge in [-0.3, -0.25) is 19.9 Å². The fourth-order valence-electron chi connectivity index (χ4n) is 3.27. The molecule has 3 rings (SSSR count). The van der Waals surface area contributed by atoms with Gasteiger partial charge >= 0.3 is 6.03 Å². The van der Waals surface area contributed by atoms with Crippen LogP contribution in [0.2, 0.25) is 0 Å². The van der Waals surface area contributed by atoms with Crippen LogP contribution in [0.5, 0.6) is 5.75 Å². The molecular formula is C19H26N6O4. The Morgan fingerprint density at radius 1 is 1.24 bits per heavy atom. The van der Waals surface area contributed by atoms with Gasteiger partial charge in [-0.1, -0.05) is 0 Å². The summed E-state index contributed by atoms with van der Waals surface area (Å²) in [6.45, 7) is 1.15. The van der Waals surface area contributed by atoms with Crippen molar-refractivity contribution < 1.29 is 19.1 Å². The second-order valence-electron chi connectivity index (χ2n) is 7.23. The number of hydrogen-bond acceptors (Lipinski definition) is 6. The van der Waals surface area contributed by atoms with Gasteiger partial charge in [0.15, 0.2) is 17.8 Å². The molecule has 1 aromatic rings. The Hall–Kier alpha value is -3.14. The summed E-state index contributed by atoms with van der Waals surface area (Å²) in [5, 5.41) is 5.46. The molecule has 10 heteroatoms. The molecule has 2 aliphatic rings. The highest BCUT2D eigenvalue weighted by atomic mass is 16.5. The van der Waals surface area contributed by atoms with Gasteiger partial charge < -0.3 is 24.8 Å². The van der Waals surface area contributed by atoms with Crippen molar-refractivity contribution in [2.24, 2.45) is 4.99 Å². The number of carbonyl (C=O) groups is 3. The van der Waals surface area contributed by atoms with E-state index in [0.717, 1.165) is 0 Å². The van der Waals surface area contributed by atoms with E-state index in [-0.39, 0.29) is 12.3 Å². The second kappa shape index (κ2) is 8.48. The molecule has 0 spiro atoms. The SMILES string of the molecule is COc1ccc(C(=O)CN2C(=NCCN(C)C)NC3C2C(=O)NC(=O)N3C)cc1. The summed E-state index contributed by atoms with van der Waals surface area (Å²) in [5.74, 6) is 0.469. The Morgan fingerprint density at radius 2 is 1.93 bits per heavy atom. The van der Waals surface area contributed by atoms with Gasteiger partial charge in [-0.15, -0.1) is 0 Å². The van der Waals surface area contributed by atoms with Crippen LogP contribution in [-0.4, -0.2) is 98.5 Å². The number of nitrogens with one attached hydrogen (secondary N) is 2. The molecule has 2 unspecified atom stereocenters. The van der Waals surface area contributed by atoms with Crippen molar-refractivity contribution in [1.29, 1.82) is 0 Å². The van der Waals surface area contributed by atoms with E-state index >= 15 is 0 Å². The standard InChI is InChI=1S/C19H26N6O4/c1-23(2)10-9-20-18-21-16-15(17(27)22-19(28)24(16)3)25(18)11-14(26)12-5-7-13(29-4)8-6-12/h5-8,15-16H,9-11H2,1-4H3,(H,20,21)(H,22,27,28). The average molecular weight is 402 g/mol. The Kier molecular flexibility index (Phi) is 6.02. The van der Waals surface area contributed by atoms with Gasteiger partial charge in [0.05, 0.1) is 20.2 Å². The van der Waals surface area contributed by atoms with Crippen molar-refractivity contribution >= 4 is 23.7 Å². The number of ether oxygens (including phenoxy) is 1. The molecule has 2 fully saturated rings. The van der Waals surface area contributed by atoms with Crippen LogP contribution in [0.15, 0.2) is 29.3 Å². The summed E-state index contributed by atoms with van der Waals surface area (Å²) in [6, 6.07) is 5.56. The highest BCUT2D eigenvalue weighted by Crippen LogP contribution is 2.21. The Labute approximate surface area is 169 Å². The first kappa shape index (κ1) is 20.6. The molecule has 3 amide bonds. The summed E-state index contributed by atoms with van der Waals surface area (Å²) < 4.78 is 5.12. The number of benzene rings is 1. The van der Waals surface area contributed by atoms with Crippen LogP contribution in [-0.2, 0) is 4.79 Å². The number of Topliss-reactive ketones (excluding diaryl/α,β-unsaturated/α-hetero) is 1. The number of aliphatic imine (C=N–C) groups is 1. The lowest BCUT2D eigenvalue weighted by molar-refractivity contribution is -0.126. The number of imide groups is 1.